The van der Waals surface area contributed by atoms with E-state index in [2.05, 4.69) is 6.92 Å². The lowest BCUT2D eigenvalue weighted by atomic mass is 10.3. The van der Waals surface area contributed by atoms with Crippen molar-refractivity contribution in [3.8, 4) is 0 Å². The maximum absolute atomic E-state index is 11.3. The largest absolute Gasteiger partial charge is 0.351 e. The van der Waals surface area contributed by atoms with Crippen molar-refractivity contribution in [1.82, 2.24) is 0 Å². The Morgan fingerprint density at radius 2 is 2.07 bits per heavy atom. The molecular weight excluding hydrogens is 199 g/mol. The number of unbranched alkanes of at least 4 members (excludes halogenated alkanes) is 1. The van der Waals surface area contributed by atoms with Crippen LogP contribution in [0.5, 0.6) is 0 Å². The summed E-state index contributed by atoms with van der Waals surface area (Å²) in [6, 6.07) is 0. The van der Waals surface area contributed by atoms with Gasteiger partial charge in [0.05, 0.1) is 6.61 Å². The first-order valence-corrected chi connectivity index (χ1v) is 6.40. The monoisotopic (exact) mass is 218 g/mol. The topological polar surface area (TPSA) is 46.5 Å². The molecule has 0 spiro atoms. The highest BCUT2D eigenvalue weighted by molar-refractivity contribution is 7.56. The van der Waals surface area contributed by atoms with E-state index in [-0.39, 0.29) is 6.61 Å². The minimum atomic E-state index is -3.51. The van der Waals surface area contributed by atoms with Crippen LogP contribution in [0.3, 0.4) is 0 Å². The van der Waals surface area contributed by atoms with E-state index in [4.69, 9.17) is 4.52 Å². The van der Waals surface area contributed by atoms with Gasteiger partial charge in [-0.25, -0.2) is 0 Å². The molecule has 0 rings (SSSR count). The maximum Gasteiger partial charge on any atom is 0.351 e. The highest BCUT2D eigenvalue weighted by Crippen LogP contribution is 2.44. The average molecular weight is 218 g/mol. The van der Waals surface area contributed by atoms with Crippen LogP contribution in [0.1, 0.15) is 33.6 Å². The molecule has 1 unspecified atom stereocenters. The summed E-state index contributed by atoms with van der Waals surface area (Å²) in [5, 5.41) is 0. The second kappa shape index (κ2) is 6.99. The minimum absolute atomic E-state index is 0.192. The quantitative estimate of drug-likeness (QED) is 0.548. The van der Waals surface area contributed by atoms with Crippen molar-refractivity contribution in [2.75, 3.05) is 6.61 Å². The van der Waals surface area contributed by atoms with Crippen molar-refractivity contribution in [2.24, 2.45) is 0 Å². The molecule has 3 nitrogen and oxygen atoms in total. The molecule has 1 atom stereocenters. The van der Waals surface area contributed by atoms with E-state index < -0.39 is 7.60 Å². The highest BCUT2D eigenvalue weighted by Gasteiger charge is 2.13. The summed E-state index contributed by atoms with van der Waals surface area (Å²) in [5.41, 5.74) is 0.786. The van der Waals surface area contributed by atoms with Crippen molar-refractivity contribution in [2.45, 2.75) is 33.6 Å². The van der Waals surface area contributed by atoms with Gasteiger partial charge in [-0.2, -0.15) is 0 Å². The number of hydrogen-bond acceptors (Lipinski definition) is 2. The fourth-order valence-electron chi connectivity index (χ4n) is 0.866. The molecule has 0 radical (unpaired) electrons. The molecule has 0 aromatic carbocycles. The van der Waals surface area contributed by atoms with Crippen molar-refractivity contribution in [3.63, 3.8) is 0 Å². The van der Waals surface area contributed by atoms with E-state index >= 15 is 0 Å². The molecule has 0 aliphatic rings. The summed E-state index contributed by atoms with van der Waals surface area (Å²) in [7, 11) is -3.51. The third-order valence-electron chi connectivity index (χ3n) is 1.40. The van der Waals surface area contributed by atoms with Gasteiger partial charge in [-0.1, -0.05) is 31.1 Å². The SMILES string of the molecule is CCCC=CCOP(=O)(O)C=C(C)C. The number of allylic oxidation sites excluding steroid dienone is 2. The second-order valence-corrected chi connectivity index (χ2v) is 4.97. The lowest BCUT2D eigenvalue weighted by molar-refractivity contribution is 0.296. The van der Waals surface area contributed by atoms with E-state index in [0.29, 0.717) is 0 Å². The van der Waals surface area contributed by atoms with E-state index in [0.717, 1.165) is 18.4 Å². The van der Waals surface area contributed by atoms with Crippen molar-refractivity contribution >= 4 is 7.60 Å². The lowest BCUT2D eigenvalue weighted by Gasteiger charge is -2.05. The summed E-state index contributed by atoms with van der Waals surface area (Å²) in [6.45, 7) is 5.79. The molecule has 0 aromatic heterocycles. The van der Waals surface area contributed by atoms with Crippen LogP contribution >= 0.6 is 7.60 Å². The van der Waals surface area contributed by atoms with Gasteiger partial charge in [0.1, 0.15) is 0 Å². The molecule has 0 aliphatic carbocycles. The third kappa shape index (κ3) is 8.24. The number of rotatable bonds is 6. The van der Waals surface area contributed by atoms with Crippen LogP contribution in [0.4, 0.5) is 0 Å². The van der Waals surface area contributed by atoms with Gasteiger partial charge in [-0.15, -0.1) is 0 Å². The average Bonchev–Trinajstić information content (AvgIpc) is 2.01. The molecule has 0 amide bonds. The zero-order valence-corrected chi connectivity index (χ0v) is 9.96. The molecule has 0 aliphatic heterocycles. The first-order chi connectivity index (χ1) is 6.48. The van der Waals surface area contributed by atoms with E-state index in [1.165, 1.54) is 5.82 Å². The van der Waals surface area contributed by atoms with E-state index in [1.807, 2.05) is 6.08 Å². The fourth-order valence-corrected chi connectivity index (χ4v) is 1.89. The summed E-state index contributed by atoms with van der Waals surface area (Å²) in [4.78, 5) is 9.26. The third-order valence-corrected chi connectivity index (χ3v) is 2.76. The molecule has 0 saturated heterocycles. The molecule has 0 fully saturated rings. The van der Waals surface area contributed by atoms with Crippen molar-refractivity contribution in [1.29, 1.82) is 0 Å². The van der Waals surface area contributed by atoms with E-state index in [9.17, 15) is 9.46 Å². The van der Waals surface area contributed by atoms with Gasteiger partial charge in [0.2, 0.25) is 0 Å². The van der Waals surface area contributed by atoms with E-state index in [1.54, 1.807) is 19.9 Å². The van der Waals surface area contributed by atoms with Gasteiger partial charge in [-0.05, 0) is 20.3 Å². The Balaban J connectivity index is 3.89. The predicted molar refractivity (Wildman–Crippen MR) is 59.3 cm³/mol. The molecule has 0 saturated carbocycles. The van der Waals surface area contributed by atoms with Crippen LogP contribution in [0.25, 0.3) is 0 Å². The summed E-state index contributed by atoms with van der Waals surface area (Å²) >= 11 is 0. The normalized spacial score (nSPS) is 15.4. The Labute approximate surface area is 86.0 Å². The molecule has 0 bridgehead atoms. The summed E-state index contributed by atoms with van der Waals surface area (Å²) in [5.74, 6) is 1.26. The van der Waals surface area contributed by atoms with Crippen LogP contribution in [0, 0.1) is 0 Å². The predicted octanol–water partition coefficient (Wildman–Crippen LogP) is 3.47. The standard InChI is InChI=1S/C10H19O3P/c1-4-5-6-7-8-13-14(11,12)9-10(2)3/h6-7,9H,4-5,8H2,1-3H3,(H,11,12). The van der Waals surface area contributed by atoms with Crippen molar-refractivity contribution < 1.29 is 14.0 Å². The Hall–Kier alpha value is -0.370. The molecule has 82 valence electrons. The first kappa shape index (κ1) is 13.6. The van der Waals surface area contributed by atoms with Gasteiger partial charge in [-0.3, -0.25) is 4.57 Å². The van der Waals surface area contributed by atoms with Crippen molar-refractivity contribution in [3.05, 3.63) is 23.5 Å². The zero-order chi connectivity index (χ0) is 11.0. The van der Waals surface area contributed by atoms with Gasteiger partial charge in [0, 0.05) is 5.82 Å². The Bertz CT molecular complexity index is 252. The van der Waals surface area contributed by atoms with Gasteiger partial charge in [0.15, 0.2) is 0 Å². The van der Waals surface area contributed by atoms with Gasteiger partial charge >= 0.3 is 7.60 Å². The van der Waals surface area contributed by atoms with Crippen LogP contribution in [0.2, 0.25) is 0 Å². The molecule has 0 aromatic rings. The van der Waals surface area contributed by atoms with Crippen LogP contribution < -0.4 is 0 Å². The first-order valence-electron chi connectivity index (χ1n) is 4.76. The van der Waals surface area contributed by atoms with Gasteiger partial charge in [0.25, 0.3) is 0 Å². The van der Waals surface area contributed by atoms with Crippen LogP contribution in [-0.2, 0) is 9.09 Å². The molecular formula is C10H19O3P. The molecule has 4 heteroatoms. The second-order valence-electron chi connectivity index (χ2n) is 3.33. The smallest absolute Gasteiger partial charge is 0.321 e. The Morgan fingerprint density at radius 1 is 1.43 bits per heavy atom. The summed E-state index contributed by atoms with van der Waals surface area (Å²) < 4.78 is 16.1. The maximum atomic E-state index is 11.3. The lowest BCUT2D eigenvalue weighted by Crippen LogP contribution is -1.87. The summed E-state index contributed by atoms with van der Waals surface area (Å²) in [6.07, 6.45) is 5.76. The Morgan fingerprint density at radius 3 is 2.57 bits per heavy atom. The highest BCUT2D eigenvalue weighted by atomic mass is 31.2. The fraction of sp³-hybridized carbons (Fsp3) is 0.600. The van der Waals surface area contributed by atoms with Crippen LogP contribution in [0.15, 0.2) is 23.5 Å². The minimum Gasteiger partial charge on any atom is -0.321 e. The molecule has 0 heterocycles. The Kier molecular flexibility index (Phi) is 6.81. The molecule has 14 heavy (non-hydrogen) atoms. The zero-order valence-electron chi connectivity index (χ0n) is 9.06. The molecule has 1 N–H and O–H groups in total. The van der Waals surface area contributed by atoms with Gasteiger partial charge < -0.3 is 9.42 Å². The number of hydrogen-bond donors (Lipinski definition) is 1. The van der Waals surface area contributed by atoms with Crippen LogP contribution in [-0.4, -0.2) is 11.5 Å².